The number of nitrogens with two attached hydrogens (primary N) is 1. The minimum atomic E-state index is -0.334. The number of carbonyl (C=O) groups excluding carboxylic acids is 1. The monoisotopic (exact) mass is 270 g/mol. The van der Waals surface area contributed by atoms with Gasteiger partial charge in [-0.1, -0.05) is 32.9 Å². The summed E-state index contributed by atoms with van der Waals surface area (Å²) in [7, 11) is 0. The Morgan fingerprint density at radius 2 is 1.83 bits per heavy atom. The number of hydrogen-bond acceptors (Lipinski definition) is 2. The second-order valence-electron chi connectivity index (χ2n) is 5.10. The summed E-state index contributed by atoms with van der Waals surface area (Å²) in [5.74, 6) is 0.0496. The molecule has 102 valence electrons. The van der Waals surface area contributed by atoms with Crippen molar-refractivity contribution in [3.05, 3.63) is 29.8 Å². The Labute approximate surface area is 116 Å². The van der Waals surface area contributed by atoms with Crippen LogP contribution in [-0.2, 0) is 4.79 Å². The predicted molar refractivity (Wildman–Crippen MR) is 79.0 cm³/mol. The molecule has 0 aliphatic carbocycles. The second kappa shape index (κ2) is 6.76. The Balaban J connectivity index is 0.00000289. The van der Waals surface area contributed by atoms with Crippen molar-refractivity contribution in [3.8, 4) is 0 Å². The van der Waals surface area contributed by atoms with Gasteiger partial charge in [0.25, 0.3) is 0 Å². The van der Waals surface area contributed by atoms with E-state index in [1.165, 1.54) is 0 Å². The molecule has 3 nitrogen and oxygen atoms in total. The molecule has 18 heavy (non-hydrogen) atoms. The molecule has 0 aliphatic rings. The smallest absolute Gasteiger partial charge is 0.230 e. The van der Waals surface area contributed by atoms with Gasteiger partial charge in [-0.05, 0) is 31.0 Å². The Kier molecular flexibility index (Phi) is 6.36. The van der Waals surface area contributed by atoms with Crippen LogP contribution in [0.4, 0.5) is 5.69 Å². The van der Waals surface area contributed by atoms with Gasteiger partial charge in [0.1, 0.15) is 0 Å². The lowest BCUT2D eigenvalue weighted by atomic mass is 9.89. The second-order valence-corrected chi connectivity index (χ2v) is 5.10. The summed E-state index contributed by atoms with van der Waals surface area (Å²) < 4.78 is 0. The van der Waals surface area contributed by atoms with E-state index in [1.54, 1.807) is 0 Å². The highest BCUT2D eigenvalue weighted by atomic mass is 35.5. The van der Waals surface area contributed by atoms with Crippen molar-refractivity contribution in [2.24, 2.45) is 11.1 Å². The van der Waals surface area contributed by atoms with Gasteiger partial charge in [0.05, 0.1) is 0 Å². The first-order valence-electron chi connectivity index (χ1n) is 6.04. The summed E-state index contributed by atoms with van der Waals surface area (Å²) in [4.78, 5) is 11.9. The van der Waals surface area contributed by atoms with Crippen LogP contribution in [0, 0.1) is 5.41 Å². The standard InChI is InChI=1S/C14H22N2O.ClH/c1-5-14(3,4)13(17)16-12-8-6-11(7-9-12)10(2)15;/h6-10H,5,15H2,1-4H3,(H,16,17);1H. The molecule has 1 aromatic rings. The summed E-state index contributed by atoms with van der Waals surface area (Å²) in [6, 6.07) is 7.69. The van der Waals surface area contributed by atoms with E-state index in [2.05, 4.69) is 5.32 Å². The normalized spacial score (nSPS) is 12.5. The van der Waals surface area contributed by atoms with Gasteiger partial charge in [-0.2, -0.15) is 0 Å². The van der Waals surface area contributed by atoms with Crippen molar-refractivity contribution in [3.63, 3.8) is 0 Å². The molecule has 0 radical (unpaired) electrons. The fourth-order valence-electron chi connectivity index (χ4n) is 1.33. The molecule has 1 unspecified atom stereocenters. The van der Waals surface area contributed by atoms with Gasteiger partial charge >= 0.3 is 0 Å². The van der Waals surface area contributed by atoms with Gasteiger partial charge in [0, 0.05) is 17.1 Å². The average molecular weight is 271 g/mol. The van der Waals surface area contributed by atoms with Crippen LogP contribution in [0.2, 0.25) is 0 Å². The van der Waals surface area contributed by atoms with E-state index in [0.29, 0.717) is 0 Å². The molecule has 1 aromatic carbocycles. The van der Waals surface area contributed by atoms with E-state index < -0.39 is 0 Å². The summed E-state index contributed by atoms with van der Waals surface area (Å²) in [6.07, 6.45) is 0.816. The van der Waals surface area contributed by atoms with Crippen LogP contribution in [0.25, 0.3) is 0 Å². The van der Waals surface area contributed by atoms with E-state index in [9.17, 15) is 4.79 Å². The highest BCUT2D eigenvalue weighted by molar-refractivity contribution is 5.94. The van der Waals surface area contributed by atoms with Crippen molar-refractivity contribution in [1.82, 2.24) is 0 Å². The predicted octanol–water partition coefficient (Wildman–Crippen LogP) is 3.50. The zero-order valence-corrected chi connectivity index (χ0v) is 12.3. The molecule has 0 saturated heterocycles. The maximum Gasteiger partial charge on any atom is 0.230 e. The summed E-state index contributed by atoms with van der Waals surface area (Å²) >= 11 is 0. The van der Waals surface area contributed by atoms with E-state index in [4.69, 9.17) is 5.73 Å². The number of benzene rings is 1. The molecule has 0 bridgehead atoms. The third kappa shape index (κ3) is 4.31. The fourth-order valence-corrected chi connectivity index (χ4v) is 1.33. The first-order chi connectivity index (χ1) is 7.86. The zero-order chi connectivity index (χ0) is 13.1. The molecule has 1 rings (SSSR count). The van der Waals surface area contributed by atoms with Crippen LogP contribution in [0.15, 0.2) is 24.3 Å². The van der Waals surface area contributed by atoms with Gasteiger partial charge in [0.15, 0.2) is 0 Å². The fraction of sp³-hybridized carbons (Fsp3) is 0.500. The molecule has 3 N–H and O–H groups in total. The highest BCUT2D eigenvalue weighted by Gasteiger charge is 2.25. The number of hydrogen-bond donors (Lipinski definition) is 2. The Bertz CT molecular complexity index is 385. The summed E-state index contributed by atoms with van der Waals surface area (Å²) in [5, 5.41) is 2.92. The molecule has 0 heterocycles. The van der Waals surface area contributed by atoms with Crippen LogP contribution >= 0.6 is 12.4 Å². The molecule has 0 aromatic heterocycles. The quantitative estimate of drug-likeness (QED) is 0.880. The molecule has 0 saturated carbocycles. The number of nitrogens with one attached hydrogen (secondary N) is 1. The van der Waals surface area contributed by atoms with Gasteiger partial charge in [-0.25, -0.2) is 0 Å². The van der Waals surface area contributed by atoms with Crippen molar-refractivity contribution in [2.45, 2.75) is 40.2 Å². The summed E-state index contributed by atoms with van der Waals surface area (Å²) in [6.45, 7) is 7.84. The summed E-state index contributed by atoms with van der Waals surface area (Å²) in [5.41, 5.74) is 7.32. The van der Waals surface area contributed by atoms with Crippen LogP contribution in [0.5, 0.6) is 0 Å². The maximum atomic E-state index is 11.9. The van der Waals surface area contributed by atoms with Crippen molar-refractivity contribution < 1.29 is 4.79 Å². The number of halogens is 1. The van der Waals surface area contributed by atoms with E-state index in [-0.39, 0.29) is 29.8 Å². The number of amides is 1. The Morgan fingerprint density at radius 3 is 2.22 bits per heavy atom. The van der Waals surface area contributed by atoms with Crippen LogP contribution in [0.3, 0.4) is 0 Å². The van der Waals surface area contributed by atoms with Crippen LogP contribution in [-0.4, -0.2) is 5.91 Å². The van der Waals surface area contributed by atoms with E-state index >= 15 is 0 Å². The molecule has 4 heteroatoms. The number of carbonyl (C=O) groups is 1. The lowest BCUT2D eigenvalue weighted by Gasteiger charge is -2.21. The van der Waals surface area contributed by atoms with Crippen molar-refractivity contribution >= 4 is 24.0 Å². The highest BCUT2D eigenvalue weighted by Crippen LogP contribution is 2.22. The Hall–Kier alpha value is -1.06. The van der Waals surface area contributed by atoms with E-state index in [1.807, 2.05) is 52.0 Å². The molecular weight excluding hydrogens is 248 g/mol. The van der Waals surface area contributed by atoms with Crippen molar-refractivity contribution in [2.75, 3.05) is 5.32 Å². The molecule has 1 atom stereocenters. The van der Waals surface area contributed by atoms with Gasteiger partial charge in [-0.3, -0.25) is 4.79 Å². The molecule has 0 fully saturated rings. The topological polar surface area (TPSA) is 55.1 Å². The maximum absolute atomic E-state index is 11.9. The van der Waals surface area contributed by atoms with Gasteiger partial charge < -0.3 is 11.1 Å². The first kappa shape index (κ1) is 16.9. The van der Waals surface area contributed by atoms with Crippen molar-refractivity contribution in [1.29, 1.82) is 0 Å². The van der Waals surface area contributed by atoms with E-state index in [0.717, 1.165) is 17.7 Å². The molecule has 1 amide bonds. The zero-order valence-electron chi connectivity index (χ0n) is 11.5. The third-order valence-corrected chi connectivity index (χ3v) is 3.19. The minimum absolute atomic E-state index is 0. The van der Waals surface area contributed by atoms with Crippen LogP contribution < -0.4 is 11.1 Å². The van der Waals surface area contributed by atoms with Crippen LogP contribution in [0.1, 0.15) is 45.7 Å². The third-order valence-electron chi connectivity index (χ3n) is 3.19. The molecule has 0 aliphatic heterocycles. The minimum Gasteiger partial charge on any atom is -0.326 e. The lowest BCUT2D eigenvalue weighted by molar-refractivity contribution is -0.124. The van der Waals surface area contributed by atoms with Gasteiger partial charge in [0.2, 0.25) is 5.91 Å². The number of rotatable bonds is 4. The SMILES string of the molecule is CCC(C)(C)C(=O)Nc1ccc(C(C)N)cc1.Cl. The van der Waals surface area contributed by atoms with Gasteiger partial charge in [-0.15, -0.1) is 12.4 Å². The Morgan fingerprint density at radius 1 is 1.33 bits per heavy atom. The lowest BCUT2D eigenvalue weighted by Crippen LogP contribution is -2.29. The average Bonchev–Trinajstić information content (AvgIpc) is 2.29. The first-order valence-corrected chi connectivity index (χ1v) is 6.04. The largest absolute Gasteiger partial charge is 0.326 e. The number of anilines is 1. The molecule has 0 spiro atoms. The molecular formula is C14H23ClN2O.